The second-order valence-corrected chi connectivity index (χ2v) is 4.66. The minimum absolute atomic E-state index is 0.421. The molecule has 1 aliphatic rings. The van der Waals surface area contributed by atoms with Crippen LogP contribution < -0.4 is 10.1 Å². The Morgan fingerprint density at radius 2 is 2.00 bits per heavy atom. The number of hydrogen-bond acceptors (Lipinski definition) is 2. The Morgan fingerprint density at radius 1 is 1.11 bits per heavy atom. The van der Waals surface area contributed by atoms with Gasteiger partial charge in [0.25, 0.3) is 0 Å². The van der Waals surface area contributed by atoms with E-state index in [0.717, 1.165) is 18.8 Å². The lowest BCUT2D eigenvalue weighted by molar-refractivity contribution is 0.413. The van der Waals surface area contributed by atoms with Gasteiger partial charge in [0.05, 0.1) is 7.11 Å². The van der Waals surface area contributed by atoms with Crippen LogP contribution in [-0.4, -0.2) is 13.7 Å². The smallest absolute Gasteiger partial charge is 0.119 e. The highest BCUT2D eigenvalue weighted by molar-refractivity contribution is 5.42. The van der Waals surface area contributed by atoms with Gasteiger partial charge in [-0.15, -0.1) is 0 Å². The van der Waals surface area contributed by atoms with Gasteiger partial charge in [-0.2, -0.15) is 0 Å². The maximum absolute atomic E-state index is 5.31. The van der Waals surface area contributed by atoms with E-state index in [0.29, 0.717) is 5.92 Å². The van der Waals surface area contributed by atoms with E-state index in [1.54, 1.807) is 7.11 Å². The van der Waals surface area contributed by atoms with Gasteiger partial charge in [-0.25, -0.2) is 0 Å². The maximum Gasteiger partial charge on any atom is 0.119 e. The zero-order chi connectivity index (χ0) is 12.4. The number of benzene rings is 2. The highest BCUT2D eigenvalue weighted by Crippen LogP contribution is 2.31. The fourth-order valence-electron chi connectivity index (χ4n) is 2.65. The Morgan fingerprint density at radius 3 is 2.89 bits per heavy atom. The molecule has 2 aromatic carbocycles. The molecule has 0 amide bonds. The third-order valence-corrected chi connectivity index (χ3v) is 3.59. The van der Waals surface area contributed by atoms with Crippen molar-refractivity contribution in [1.82, 2.24) is 5.32 Å². The van der Waals surface area contributed by atoms with Crippen LogP contribution >= 0.6 is 0 Å². The molecule has 92 valence electrons. The first-order valence-corrected chi connectivity index (χ1v) is 6.31. The third kappa shape index (κ3) is 2.00. The molecule has 2 heteroatoms. The Hall–Kier alpha value is -1.80. The summed E-state index contributed by atoms with van der Waals surface area (Å²) < 4.78 is 5.31. The number of hydrogen-bond donors (Lipinski definition) is 1. The summed E-state index contributed by atoms with van der Waals surface area (Å²) in [5, 5.41) is 3.49. The summed E-state index contributed by atoms with van der Waals surface area (Å²) >= 11 is 0. The molecule has 0 aliphatic carbocycles. The number of fused-ring (bicyclic) bond motifs is 1. The van der Waals surface area contributed by atoms with E-state index >= 15 is 0 Å². The van der Waals surface area contributed by atoms with Crippen LogP contribution in [0.3, 0.4) is 0 Å². The molecule has 0 spiro atoms. The molecule has 2 nitrogen and oxygen atoms in total. The van der Waals surface area contributed by atoms with Crippen molar-refractivity contribution in [3.05, 3.63) is 65.2 Å². The van der Waals surface area contributed by atoms with Gasteiger partial charge >= 0.3 is 0 Å². The lowest BCUT2D eigenvalue weighted by atomic mass is 9.85. The number of rotatable bonds is 2. The number of methoxy groups -OCH3 is 1. The van der Waals surface area contributed by atoms with Crippen molar-refractivity contribution in [2.75, 3.05) is 13.7 Å². The summed E-state index contributed by atoms with van der Waals surface area (Å²) in [5.41, 5.74) is 4.15. The molecule has 1 aliphatic heterocycles. The van der Waals surface area contributed by atoms with E-state index in [-0.39, 0.29) is 0 Å². The average molecular weight is 239 g/mol. The minimum atomic E-state index is 0.421. The predicted molar refractivity (Wildman–Crippen MR) is 73.0 cm³/mol. The van der Waals surface area contributed by atoms with Gasteiger partial charge in [-0.05, 0) is 28.8 Å². The molecule has 18 heavy (non-hydrogen) atoms. The van der Waals surface area contributed by atoms with Crippen LogP contribution in [0.15, 0.2) is 48.5 Å². The third-order valence-electron chi connectivity index (χ3n) is 3.59. The number of nitrogens with one attached hydrogen (secondary N) is 1. The Bertz CT molecular complexity index is 550. The Balaban J connectivity index is 2.02. The van der Waals surface area contributed by atoms with Gasteiger partial charge in [0.2, 0.25) is 0 Å². The molecule has 3 rings (SSSR count). The molecule has 2 aromatic rings. The van der Waals surface area contributed by atoms with Gasteiger partial charge in [-0.1, -0.05) is 36.4 Å². The van der Waals surface area contributed by atoms with E-state index in [1.165, 1.54) is 16.7 Å². The molecular weight excluding hydrogens is 222 g/mol. The molecule has 1 unspecified atom stereocenters. The van der Waals surface area contributed by atoms with Crippen LogP contribution in [0.2, 0.25) is 0 Å². The normalized spacial score (nSPS) is 18.2. The predicted octanol–water partition coefficient (Wildman–Crippen LogP) is 2.93. The van der Waals surface area contributed by atoms with Gasteiger partial charge < -0.3 is 10.1 Å². The lowest BCUT2D eigenvalue weighted by Gasteiger charge is -2.27. The first-order valence-electron chi connectivity index (χ1n) is 6.31. The van der Waals surface area contributed by atoms with Gasteiger partial charge in [0.1, 0.15) is 5.75 Å². The Labute approximate surface area is 108 Å². The van der Waals surface area contributed by atoms with Crippen LogP contribution in [0, 0.1) is 0 Å². The SMILES string of the molecule is COc1cccc(C2CNCc3ccccc32)c1. The van der Waals surface area contributed by atoms with E-state index in [2.05, 4.69) is 47.8 Å². The molecule has 1 N–H and O–H groups in total. The molecule has 1 heterocycles. The summed E-state index contributed by atoms with van der Waals surface area (Å²) in [6, 6.07) is 17.0. The quantitative estimate of drug-likeness (QED) is 0.870. The van der Waals surface area contributed by atoms with E-state index < -0.39 is 0 Å². The van der Waals surface area contributed by atoms with Crippen LogP contribution in [0.4, 0.5) is 0 Å². The van der Waals surface area contributed by atoms with Crippen molar-refractivity contribution >= 4 is 0 Å². The highest BCUT2D eigenvalue weighted by Gasteiger charge is 2.21. The molecule has 0 radical (unpaired) electrons. The summed E-state index contributed by atoms with van der Waals surface area (Å²) in [5.74, 6) is 1.35. The zero-order valence-corrected chi connectivity index (χ0v) is 10.5. The summed E-state index contributed by atoms with van der Waals surface area (Å²) in [4.78, 5) is 0. The summed E-state index contributed by atoms with van der Waals surface area (Å²) in [7, 11) is 1.71. The summed E-state index contributed by atoms with van der Waals surface area (Å²) in [6.45, 7) is 1.96. The largest absolute Gasteiger partial charge is 0.497 e. The standard InChI is InChI=1S/C16H17NO/c1-18-14-7-4-6-12(9-14)16-11-17-10-13-5-2-3-8-15(13)16/h2-9,16-17H,10-11H2,1H3. The molecular formula is C16H17NO. The first kappa shape index (κ1) is 11.3. The van der Waals surface area contributed by atoms with E-state index in [1.807, 2.05) is 6.07 Å². The second-order valence-electron chi connectivity index (χ2n) is 4.66. The molecule has 0 saturated carbocycles. The fraction of sp³-hybridized carbons (Fsp3) is 0.250. The van der Waals surface area contributed by atoms with Crippen LogP contribution in [0.5, 0.6) is 5.75 Å². The zero-order valence-electron chi connectivity index (χ0n) is 10.5. The van der Waals surface area contributed by atoms with Crippen LogP contribution in [0.25, 0.3) is 0 Å². The van der Waals surface area contributed by atoms with Crippen LogP contribution in [0.1, 0.15) is 22.6 Å². The van der Waals surface area contributed by atoms with Gasteiger partial charge in [0.15, 0.2) is 0 Å². The summed E-state index contributed by atoms with van der Waals surface area (Å²) in [6.07, 6.45) is 0. The minimum Gasteiger partial charge on any atom is -0.497 e. The lowest BCUT2D eigenvalue weighted by Crippen LogP contribution is -2.28. The van der Waals surface area contributed by atoms with Crippen molar-refractivity contribution in [3.63, 3.8) is 0 Å². The maximum atomic E-state index is 5.31. The topological polar surface area (TPSA) is 21.3 Å². The van der Waals surface area contributed by atoms with Crippen molar-refractivity contribution in [3.8, 4) is 5.75 Å². The molecule has 0 fully saturated rings. The molecule has 0 saturated heterocycles. The van der Waals surface area contributed by atoms with E-state index in [9.17, 15) is 0 Å². The monoisotopic (exact) mass is 239 g/mol. The van der Waals surface area contributed by atoms with Crippen molar-refractivity contribution < 1.29 is 4.74 Å². The van der Waals surface area contributed by atoms with Crippen molar-refractivity contribution in [2.45, 2.75) is 12.5 Å². The number of ether oxygens (including phenoxy) is 1. The molecule has 1 atom stereocenters. The highest BCUT2D eigenvalue weighted by atomic mass is 16.5. The molecule has 0 aromatic heterocycles. The van der Waals surface area contributed by atoms with Crippen molar-refractivity contribution in [2.24, 2.45) is 0 Å². The van der Waals surface area contributed by atoms with Gasteiger partial charge in [0, 0.05) is 19.0 Å². The van der Waals surface area contributed by atoms with Crippen molar-refractivity contribution in [1.29, 1.82) is 0 Å². The average Bonchev–Trinajstić information content (AvgIpc) is 2.47. The first-order chi connectivity index (χ1) is 8.88. The Kier molecular flexibility index (Phi) is 3.03. The van der Waals surface area contributed by atoms with Crippen LogP contribution in [-0.2, 0) is 6.54 Å². The second kappa shape index (κ2) is 4.83. The fourth-order valence-corrected chi connectivity index (χ4v) is 2.65. The van der Waals surface area contributed by atoms with E-state index in [4.69, 9.17) is 4.74 Å². The molecule has 0 bridgehead atoms. The van der Waals surface area contributed by atoms with Gasteiger partial charge in [-0.3, -0.25) is 0 Å².